The molecule has 0 aliphatic heterocycles. The van der Waals surface area contributed by atoms with Gasteiger partial charge in [0, 0.05) is 20.1 Å². The Hall–Kier alpha value is -0.640. The molecule has 0 amide bonds. The molecule has 0 aliphatic carbocycles. The summed E-state index contributed by atoms with van der Waals surface area (Å²) < 4.78 is 1.09. The van der Waals surface area contributed by atoms with Crippen molar-refractivity contribution in [2.45, 2.75) is 32.3 Å². The number of benzene rings is 1. The molecule has 2 atom stereocenters. The van der Waals surface area contributed by atoms with E-state index in [0.717, 1.165) is 15.8 Å². The molecule has 0 saturated carbocycles. The fourth-order valence-corrected chi connectivity index (χ4v) is 3.78. The molecule has 0 radical (unpaired) electrons. The maximum atomic E-state index is 10.6. The second kappa shape index (κ2) is 6.00. The van der Waals surface area contributed by atoms with E-state index in [9.17, 15) is 5.11 Å². The van der Waals surface area contributed by atoms with Gasteiger partial charge in [-0.25, -0.2) is 0 Å². The SMILES string of the molecule is CCC(c1ccccc1)C(O)c1cc(Br)c(C)s1. The Morgan fingerprint density at radius 3 is 2.44 bits per heavy atom. The summed E-state index contributed by atoms with van der Waals surface area (Å²) in [5, 5.41) is 10.6. The number of hydrogen-bond acceptors (Lipinski definition) is 2. The number of aliphatic hydroxyl groups is 1. The van der Waals surface area contributed by atoms with E-state index in [1.807, 2.05) is 24.3 Å². The summed E-state index contributed by atoms with van der Waals surface area (Å²) in [6.07, 6.45) is 0.507. The van der Waals surface area contributed by atoms with Gasteiger partial charge in [0.05, 0.1) is 6.10 Å². The Kier molecular flexibility index (Phi) is 4.60. The molecule has 0 aliphatic rings. The second-order valence-electron chi connectivity index (χ2n) is 4.42. The highest BCUT2D eigenvalue weighted by atomic mass is 79.9. The zero-order valence-electron chi connectivity index (χ0n) is 10.6. The van der Waals surface area contributed by atoms with Gasteiger partial charge in [-0.05, 0) is 40.9 Å². The number of aliphatic hydroxyl groups excluding tert-OH is 1. The number of halogens is 1. The van der Waals surface area contributed by atoms with Crippen LogP contribution in [0.4, 0.5) is 0 Å². The monoisotopic (exact) mass is 324 g/mol. The van der Waals surface area contributed by atoms with Gasteiger partial charge in [-0.1, -0.05) is 37.3 Å². The number of rotatable bonds is 4. The largest absolute Gasteiger partial charge is 0.387 e. The summed E-state index contributed by atoms with van der Waals surface area (Å²) in [5.74, 6) is 0.163. The lowest BCUT2D eigenvalue weighted by atomic mass is 9.90. The first-order valence-corrected chi connectivity index (χ1v) is 7.73. The summed E-state index contributed by atoms with van der Waals surface area (Å²) in [4.78, 5) is 2.25. The summed E-state index contributed by atoms with van der Waals surface area (Å²) in [6, 6.07) is 12.3. The molecule has 18 heavy (non-hydrogen) atoms. The fraction of sp³-hybridized carbons (Fsp3) is 0.333. The van der Waals surface area contributed by atoms with Crippen LogP contribution in [0.2, 0.25) is 0 Å². The fourth-order valence-electron chi connectivity index (χ4n) is 2.17. The topological polar surface area (TPSA) is 20.2 Å². The van der Waals surface area contributed by atoms with Crippen LogP contribution in [-0.4, -0.2) is 5.11 Å². The lowest BCUT2D eigenvalue weighted by Gasteiger charge is -2.21. The van der Waals surface area contributed by atoms with Crippen LogP contribution in [0, 0.1) is 6.92 Å². The Labute approximate surface area is 121 Å². The van der Waals surface area contributed by atoms with Gasteiger partial charge in [0.2, 0.25) is 0 Å². The van der Waals surface area contributed by atoms with Gasteiger partial charge in [0.15, 0.2) is 0 Å². The van der Waals surface area contributed by atoms with Crippen LogP contribution in [0.25, 0.3) is 0 Å². The van der Waals surface area contributed by atoms with Crippen molar-refractivity contribution in [3.63, 3.8) is 0 Å². The molecule has 0 saturated heterocycles. The third-order valence-corrected chi connectivity index (χ3v) is 5.42. The molecule has 3 heteroatoms. The van der Waals surface area contributed by atoms with Crippen molar-refractivity contribution in [2.24, 2.45) is 0 Å². The molecule has 0 bridgehead atoms. The molecule has 1 nitrogen and oxygen atoms in total. The maximum absolute atomic E-state index is 10.6. The summed E-state index contributed by atoms with van der Waals surface area (Å²) in [5.41, 5.74) is 1.20. The maximum Gasteiger partial charge on any atom is 0.0950 e. The summed E-state index contributed by atoms with van der Waals surface area (Å²) in [7, 11) is 0. The average molecular weight is 325 g/mol. The second-order valence-corrected chi connectivity index (χ2v) is 6.57. The van der Waals surface area contributed by atoms with E-state index in [-0.39, 0.29) is 5.92 Å². The molecule has 0 fully saturated rings. The van der Waals surface area contributed by atoms with Gasteiger partial charge in [0.1, 0.15) is 0 Å². The molecular formula is C15H17BrOS. The Bertz CT molecular complexity index is 487. The first-order valence-electron chi connectivity index (χ1n) is 6.12. The van der Waals surface area contributed by atoms with Crippen LogP contribution < -0.4 is 0 Å². The average Bonchev–Trinajstić information content (AvgIpc) is 2.72. The van der Waals surface area contributed by atoms with Crippen LogP contribution in [0.15, 0.2) is 40.9 Å². The van der Waals surface area contributed by atoms with Gasteiger partial charge < -0.3 is 5.11 Å². The highest BCUT2D eigenvalue weighted by Crippen LogP contribution is 2.39. The predicted octanol–water partition coefficient (Wildman–Crippen LogP) is 5.05. The van der Waals surface area contributed by atoms with Crippen LogP contribution in [0.1, 0.15) is 40.7 Å². The molecule has 2 aromatic rings. The summed E-state index contributed by atoms with van der Waals surface area (Å²) >= 11 is 5.17. The molecule has 1 aromatic heterocycles. The van der Waals surface area contributed by atoms with E-state index in [4.69, 9.17) is 0 Å². The van der Waals surface area contributed by atoms with Crippen molar-refractivity contribution < 1.29 is 5.11 Å². The minimum atomic E-state index is -0.424. The molecule has 2 rings (SSSR count). The van der Waals surface area contributed by atoms with E-state index in [1.54, 1.807) is 11.3 Å². The van der Waals surface area contributed by atoms with Crippen molar-refractivity contribution in [3.05, 3.63) is 56.2 Å². The van der Waals surface area contributed by atoms with Crippen molar-refractivity contribution in [1.82, 2.24) is 0 Å². The van der Waals surface area contributed by atoms with Crippen molar-refractivity contribution in [2.75, 3.05) is 0 Å². The van der Waals surface area contributed by atoms with Crippen molar-refractivity contribution in [1.29, 1.82) is 0 Å². The van der Waals surface area contributed by atoms with E-state index in [1.165, 1.54) is 10.4 Å². The van der Waals surface area contributed by atoms with Crippen LogP contribution in [-0.2, 0) is 0 Å². The van der Waals surface area contributed by atoms with Gasteiger partial charge in [-0.2, -0.15) is 0 Å². The smallest absolute Gasteiger partial charge is 0.0950 e. The first kappa shape index (κ1) is 13.8. The lowest BCUT2D eigenvalue weighted by molar-refractivity contribution is 0.146. The highest BCUT2D eigenvalue weighted by molar-refractivity contribution is 9.10. The number of aryl methyl sites for hydroxylation is 1. The summed E-state index contributed by atoms with van der Waals surface area (Å²) in [6.45, 7) is 4.19. The van der Waals surface area contributed by atoms with Gasteiger partial charge >= 0.3 is 0 Å². The van der Waals surface area contributed by atoms with Gasteiger partial charge in [-0.15, -0.1) is 11.3 Å². The van der Waals surface area contributed by atoms with Gasteiger partial charge in [0.25, 0.3) is 0 Å². The molecular weight excluding hydrogens is 308 g/mol. The molecule has 2 unspecified atom stereocenters. The van der Waals surface area contributed by atoms with E-state index >= 15 is 0 Å². The van der Waals surface area contributed by atoms with Crippen LogP contribution in [0.5, 0.6) is 0 Å². The van der Waals surface area contributed by atoms with Gasteiger partial charge in [-0.3, -0.25) is 0 Å². The highest BCUT2D eigenvalue weighted by Gasteiger charge is 2.23. The first-order chi connectivity index (χ1) is 8.63. The normalized spacial score (nSPS) is 14.4. The Balaban J connectivity index is 2.28. The zero-order chi connectivity index (χ0) is 13.1. The third kappa shape index (κ3) is 2.85. The zero-order valence-corrected chi connectivity index (χ0v) is 13.0. The molecule has 0 spiro atoms. The predicted molar refractivity (Wildman–Crippen MR) is 81.2 cm³/mol. The third-order valence-electron chi connectivity index (χ3n) is 3.22. The molecule has 96 valence electrons. The number of hydrogen-bond donors (Lipinski definition) is 1. The van der Waals surface area contributed by atoms with E-state index in [2.05, 4.69) is 41.9 Å². The minimum Gasteiger partial charge on any atom is -0.387 e. The van der Waals surface area contributed by atoms with E-state index in [0.29, 0.717) is 0 Å². The van der Waals surface area contributed by atoms with Crippen molar-refractivity contribution in [3.8, 4) is 0 Å². The minimum absolute atomic E-state index is 0.163. The molecule has 1 heterocycles. The Morgan fingerprint density at radius 2 is 1.94 bits per heavy atom. The molecule has 1 N–H and O–H groups in total. The lowest BCUT2D eigenvalue weighted by Crippen LogP contribution is -2.08. The quantitative estimate of drug-likeness (QED) is 0.834. The Morgan fingerprint density at radius 1 is 1.28 bits per heavy atom. The van der Waals surface area contributed by atoms with Crippen LogP contribution in [0.3, 0.4) is 0 Å². The molecule has 1 aromatic carbocycles. The van der Waals surface area contributed by atoms with Crippen LogP contribution >= 0.6 is 27.3 Å². The van der Waals surface area contributed by atoms with Crippen molar-refractivity contribution >= 4 is 27.3 Å². The standard InChI is InChI=1S/C15H17BrOS/c1-3-12(11-7-5-4-6-8-11)15(17)14-9-13(16)10(2)18-14/h4-9,12,15,17H,3H2,1-2H3. The number of thiophene rings is 1. The van der Waals surface area contributed by atoms with E-state index < -0.39 is 6.10 Å².